The van der Waals surface area contributed by atoms with E-state index in [0.717, 1.165) is 0 Å². The molecule has 4 N–H and O–H groups in total. The second-order valence-corrected chi connectivity index (χ2v) is 4.65. The molecule has 0 saturated heterocycles. The van der Waals surface area contributed by atoms with Gasteiger partial charge in [-0.1, -0.05) is 0 Å². The van der Waals surface area contributed by atoms with Gasteiger partial charge < -0.3 is 11.1 Å². The Hall–Kier alpha value is -0.660. The number of carbonyl (C=O) groups is 1. The van der Waals surface area contributed by atoms with E-state index in [4.69, 9.17) is 5.73 Å². The van der Waals surface area contributed by atoms with Crippen molar-refractivity contribution in [2.24, 2.45) is 5.73 Å². The van der Waals surface area contributed by atoms with E-state index in [0.29, 0.717) is 0 Å². The van der Waals surface area contributed by atoms with E-state index >= 15 is 0 Å². The normalized spacial score (nSPS) is 13.8. The van der Waals surface area contributed by atoms with Crippen LogP contribution in [0, 0.1) is 0 Å². The lowest BCUT2D eigenvalue weighted by Crippen LogP contribution is -2.41. The fourth-order valence-corrected chi connectivity index (χ4v) is 1.15. The maximum absolute atomic E-state index is 10.9. The summed E-state index contributed by atoms with van der Waals surface area (Å²) in [5, 5.41) is 2.39. The summed E-state index contributed by atoms with van der Waals surface area (Å²) in [4.78, 5) is 10.9. The minimum atomic E-state index is -3.25. The standard InChI is InChI=1S/C6H15N3O3S/c1-5(7)6(10)9-3-4-13(11,12)8-2/h5,8H,3-4,7H2,1-2H3,(H,9,10)/t5-/m1/s1. The van der Waals surface area contributed by atoms with E-state index in [1.54, 1.807) is 0 Å². The van der Waals surface area contributed by atoms with Crippen LogP contribution in [0.25, 0.3) is 0 Å². The molecule has 0 saturated carbocycles. The van der Waals surface area contributed by atoms with Crippen molar-refractivity contribution < 1.29 is 13.2 Å². The Bertz CT molecular complexity index is 260. The number of sulfonamides is 1. The SMILES string of the molecule is CNS(=O)(=O)CCNC(=O)[C@@H](C)N. The quantitative estimate of drug-likeness (QED) is 0.487. The zero-order valence-electron chi connectivity index (χ0n) is 7.70. The molecule has 0 unspecified atom stereocenters. The van der Waals surface area contributed by atoms with E-state index in [2.05, 4.69) is 10.0 Å². The number of hydrogen-bond donors (Lipinski definition) is 3. The summed E-state index contributed by atoms with van der Waals surface area (Å²) in [6.07, 6.45) is 0. The highest BCUT2D eigenvalue weighted by atomic mass is 32.2. The molecular weight excluding hydrogens is 194 g/mol. The van der Waals surface area contributed by atoms with Crippen molar-refractivity contribution in [1.29, 1.82) is 0 Å². The molecule has 0 aliphatic heterocycles. The summed E-state index contributed by atoms with van der Waals surface area (Å²) in [6.45, 7) is 1.60. The summed E-state index contributed by atoms with van der Waals surface area (Å²) in [5.41, 5.74) is 5.24. The molecule has 0 heterocycles. The molecule has 0 spiro atoms. The van der Waals surface area contributed by atoms with Crippen molar-refractivity contribution in [2.75, 3.05) is 19.3 Å². The highest BCUT2D eigenvalue weighted by Gasteiger charge is 2.09. The van der Waals surface area contributed by atoms with Crippen LogP contribution in [0.5, 0.6) is 0 Å². The minimum Gasteiger partial charge on any atom is -0.354 e. The lowest BCUT2D eigenvalue weighted by atomic mass is 10.3. The maximum Gasteiger partial charge on any atom is 0.236 e. The van der Waals surface area contributed by atoms with Gasteiger partial charge in [-0.2, -0.15) is 0 Å². The molecule has 0 aromatic rings. The predicted molar refractivity (Wildman–Crippen MR) is 49.5 cm³/mol. The van der Waals surface area contributed by atoms with Crippen LogP contribution in [-0.2, 0) is 14.8 Å². The summed E-state index contributed by atoms with van der Waals surface area (Å²) in [5.74, 6) is -0.492. The number of amides is 1. The first-order valence-electron chi connectivity index (χ1n) is 3.83. The number of nitrogens with two attached hydrogens (primary N) is 1. The molecule has 0 aliphatic rings. The third-order valence-corrected chi connectivity index (χ3v) is 2.76. The van der Waals surface area contributed by atoms with Gasteiger partial charge in [0.2, 0.25) is 15.9 Å². The Morgan fingerprint density at radius 3 is 2.46 bits per heavy atom. The van der Waals surface area contributed by atoms with Crippen molar-refractivity contribution >= 4 is 15.9 Å². The van der Waals surface area contributed by atoms with Crippen LogP contribution in [-0.4, -0.2) is 39.7 Å². The van der Waals surface area contributed by atoms with Gasteiger partial charge in [0.05, 0.1) is 11.8 Å². The van der Waals surface area contributed by atoms with E-state index in [1.165, 1.54) is 14.0 Å². The summed E-state index contributed by atoms with van der Waals surface area (Å²) in [6, 6.07) is -0.614. The van der Waals surface area contributed by atoms with Gasteiger partial charge in [-0.05, 0) is 14.0 Å². The van der Waals surface area contributed by atoms with E-state index < -0.39 is 16.1 Å². The molecule has 0 radical (unpaired) electrons. The summed E-state index contributed by atoms with van der Waals surface area (Å²) in [7, 11) is -1.92. The lowest BCUT2D eigenvalue weighted by molar-refractivity contribution is -0.121. The smallest absolute Gasteiger partial charge is 0.236 e. The van der Waals surface area contributed by atoms with E-state index in [9.17, 15) is 13.2 Å². The lowest BCUT2D eigenvalue weighted by Gasteiger charge is -2.07. The first kappa shape index (κ1) is 12.3. The van der Waals surface area contributed by atoms with Gasteiger partial charge in [-0.15, -0.1) is 0 Å². The molecule has 0 aliphatic carbocycles. The average molecular weight is 209 g/mol. The molecule has 0 aromatic carbocycles. The van der Waals surface area contributed by atoms with Gasteiger partial charge >= 0.3 is 0 Å². The van der Waals surface area contributed by atoms with Crippen LogP contribution in [0.15, 0.2) is 0 Å². The fourth-order valence-electron chi connectivity index (χ4n) is 0.572. The number of nitrogens with one attached hydrogen (secondary N) is 2. The average Bonchev–Trinajstić information content (AvgIpc) is 2.04. The molecule has 1 atom stereocenters. The third kappa shape index (κ3) is 5.56. The third-order valence-electron chi connectivity index (χ3n) is 1.39. The van der Waals surface area contributed by atoms with Crippen molar-refractivity contribution in [1.82, 2.24) is 10.0 Å². The van der Waals surface area contributed by atoms with Gasteiger partial charge in [-0.25, -0.2) is 13.1 Å². The molecule has 7 heteroatoms. The van der Waals surface area contributed by atoms with Crippen molar-refractivity contribution in [3.63, 3.8) is 0 Å². The molecule has 1 amide bonds. The van der Waals surface area contributed by atoms with Crippen molar-refractivity contribution in [3.05, 3.63) is 0 Å². The molecule has 6 nitrogen and oxygen atoms in total. The van der Waals surface area contributed by atoms with Crippen LogP contribution in [0.3, 0.4) is 0 Å². The molecule has 0 aromatic heterocycles. The van der Waals surface area contributed by atoms with Gasteiger partial charge in [0.15, 0.2) is 0 Å². The molecule has 0 bridgehead atoms. The van der Waals surface area contributed by atoms with Crippen molar-refractivity contribution in [2.45, 2.75) is 13.0 Å². The fraction of sp³-hybridized carbons (Fsp3) is 0.833. The number of hydrogen-bond acceptors (Lipinski definition) is 4. The second-order valence-electron chi connectivity index (χ2n) is 2.60. The topological polar surface area (TPSA) is 101 Å². The monoisotopic (exact) mass is 209 g/mol. The van der Waals surface area contributed by atoms with Gasteiger partial charge in [0.25, 0.3) is 0 Å². The number of rotatable bonds is 5. The molecule has 13 heavy (non-hydrogen) atoms. The Kier molecular flexibility index (Phi) is 4.89. The van der Waals surface area contributed by atoms with Gasteiger partial charge in [-0.3, -0.25) is 4.79 Å². The first-order chi connectivity index (χ1) is 5.89. The van der Waals surface area contributed by atoms with Crippen molar-refractivity contribution in [3.8, 4) is 0 Å². The largest absolute Gasteiger partial charge is 0.354 e. The van der Waals surface area contributed by atoms with Crippen LogP contribution in [0.1, 0.15) is 6.92 Å². The van der Waals surface area contributed by atoms with Gasteiger partial charge in [0, 0.05) is 6.54 Å². The molecule has 0 fully saturated rings. The minimum absolute atomic E-state index is 0.0730. The Morgan fingerprint density at radius 1 is 1.54 bits per heavy atom. The van der Waals surface area contributed by atoms with Crippen LogP contribution >= 0.6 is 0 Å². The Labute approximate surface area is 77.9 Å². The second kappa shape index (κ2) is 5.15. The molecule has 78 valence electrons. The molecule has 0 rings (SSSR count). The predicted octanol–water partition coefficient (Wildman–Crippen LogP) is -2.00. The van der Waals surface area contributed by atoms with E-state index in [1.807, 2.05) is 0 Å². The highest BCUT2D eigenvalue weighted by molar-refractivity contribution is 7.89. The van der Waals surface area contributed by atoms with E-state index in [-0.39, 0.29) is 18.2 Å². The Morgan fingerprint density at radius 2 is 2.08 bits per heavy atom. The summed E-state index contributed by atoms with van der Waals surface area (Å²) < 4.78 is 23.8. The first-order valence-corrected chi connectivity index (χ1v) is 5.49. The zero-order chi connectivity index (χ0) is 10.5. The highest BCUT2D eigenvalue weighted by Crippen LogP contribution is 1.80. The summed E-state index contributed by atoms with van der Waals surface area (Å²) >= 11 is 0. The van der Waals surface area contributed by atoms with Crippen LogP contribution in [0.2, 0.25) is 0 Å². The van der Waals surface area contributed by atoms with Crippen LogP contribution in [0.4, 0.5) is 0 Å². The van der Waals surface area contributed by atoms with Crippen LogP contribution < -0.4 is 15.8 Å². The maximum atomic E-state index is 10.9. The Balaban J connectivity index is 3.76. The zero-order valence-corrected chi connectivity index (χ0v) is 8.52. The van der Waals surface area contributed by atoms with Gasteiger partial charge in [0.1, 0.15) is 0 Å². The number of carbonyl (C=O) groups excluding carboxylic acids is 1. The molecular formula is C6H15N3O3S.